The third kappa shape index (κ3) is 3.82. The van der Waals surface area contributed by atoms with Crippen LogP contribution in [0.5, 0.6) is 0 Å². The van der Waals surface area contributed by atoms with Gasteiger partial charge in [-0.15, -0.1) is 10.2 Å². The molecule has 7 nitrogen and oxygen atoms in total. The van der Waals surface area contributed by atoms with Crippen LogP contribution in [0.15, 0.2) is 58.5 Å². The van der Waals surface area contributed by atoms with E-state index in [4.69, 9.17) is 0 Å². The van der Waals surface area contributed by atoms with Crippen molar-refractivity contribution in [2.45, 2.75) is 32.5 Å². The van der Waals surface area contributed by atoms with Crippen molar-refractivity contribution < 1.29 is 4.79 Å². The Bertz CT molecular complexity index is 1290. The number of thioether (sulfide) groups is 1. The maximum absolute atomic E-state index is 13.0. The Kier molecular flexibility index (Phi) is 5.59. The molecule has 0 saturated heterocycles. The van der Waals surface area contributed by atoms with Crippen LogP contribution < -0.4 is 10.9 Å². The predicted molar refractivity (Wildman–Crippen MR) is 120 cm³/mol. The first-order valence-electron chi connectivity index (χ1n) is 9.80. The number of carbonyl (C=O) groups is 1. The largest absolute Gasteiger partial charge is 0.325 e. The molecule has 2 aromatic carbocycles. The number of rotatable bonds is 6. The number of benzene rings is 2. The SMILES string of the molecule is Cc1ccccc1NC(=O)CSc1nnc2n(CC(C)C)c(=O)c3ccccc3n12. The number of aromatic nitrogens is 4. The Morgan fingerprint density at radius 3 is 2.60 bits per heavy atom. The summed E-state index contributed by atoms with van der Waals surface area (Å²) in [7, 11) is 0. The highest BCUT2D eigenvalue weighted by Gasteiger charge is 2.18. The third-order valence-electron chi connectivity index (χ3n) is 4.78. The fraction of sp³-hybridized carbons (Fsp3) is 0.273. The zero-order valence-corrected chi connectivity index (χ0v) is 17.9. The molecule has 4 rings (SSSR count). The van der Waals surface area contributed by atoms with Crippen LogP contribution in [0.1, 0.15) is 19.4 Å². The van der Waals surface area contributed by atoms with Gasteiger partial charge in [0.05, 0.1) is 16.7 Å². The van der Waals surface area contributed by atoms with E-state index in [1.165, 1.54) is 11.8 Å². The molecule has 2 aromatic heterocycles. The molecule has 30 heavy (non-hydrogen) atoms. The van der Waals surface area contributed by atoms with Gasteiger partial charge >= 0.3 is 0 Å². The van der Waals surface area contributed by atoms with Crippen molar-refractivity contribution in [2.24, 2.45) is 5.92 Å². The number of nitrogens with zero attached hydrogens (tertiary/aromatic N) is 4. The van der Waals surface area contributed by atoms with Crippen molar-refractivity contribution in [3.05, 3.63) is 64.4 Å². The molecule has 0 spiro atoms. The summed E-state index contributed by atoms with van der Waals surface area (Å²) in [5.74, 6) is 0.840. The number of fused-ring (bicyclic) bond motifs is 3. The minimum Gasteiger partial charge on any atom is -0.325 e. The Labute approximate surface area is 178 Å². The summed E-state index contributed by atoms with van der Waals surface area (Å²) in [6.07, 6.45) is 0. The van der Waals surface area contributed by atoms with Gasteiger partial charge in [0.25, 0.3) is 5.56 Å². The third-order valence-corrected chi connectivity index (χ3v) is 5.71. The van der Waals surface area contributed by atoms with E-state index in [1.54, 1.807) is 4.57 Å². The summed E-state index contributed by atoms with van der Waals surface area (Å²) in [5, 5.41) is 12.7. The normalized spacial score (nSPS) is 11.5. The molecule has 2 heterocycles. The molecule has 1 amide bonds. The van der Waals surface area contributed by atoms with Gasteiger partial charge in [-0.05, 0) is 36.6 Å². The quantitative estimate of drug-likeness (QED) is 0.480. The Hall–Kier alpha value is -3.13. The second kappa shape index (κ2) is 8.31. The lowest BCUT2D eigenvalue weighted by Crippen LogP contribution is -2.25. The van der Waals surface area contributed by atoms with E-state index in [9.17, 15) is 9.59 Å². The van der Waals surface area contributed by atoms with Gasteiger partial charge in [-0.1, -0.05) is 55.9 Å². The van der Waals surface area contributed by atoms with Crippen LogP contribution in [0, 0.1) is 12.8 Å². The zero-order chi connectivity index (χ0) is 21.3. The molecule has 0 atom stereocenters. The van der Waals surface area contributed by atoms with Crippen LogP contribution in [0.4, 0.5) is 5.69 Å². The van der Waals surface area contributed by atoms with Gasteiger partial charge in [-0.3, -0.25) is 18.6 Å². The van der Waals surface area contributed by atoms with Crippen LogP contribution in [0.3, 0.4) is 0 Å². The number of amides is 1. The number of aryl methyl sites for hydroxylation is 1. The average Bonchev–Trinajstić information content (AvgIpc) is 3.15. The van der Waals surface area contributed by atoms with Crippen molar-refractivity contribution in [1.82, 2.24) is 19.2 Å². The standard InChI is InChI=1S/C22H23N5O2S/c1-14(2)12-26-20(29)16-9-5-7-11-18(16)27-21(26)24-25-22(27)30-13-19(28)23-17-10-6-4-8-15(17)3/h4-11,14H,12-13H2,1-3H3,(H,23,28). The van der Waals surface area contributed by atoms with Gasteiger partial charge in [0.2, 0.25) is 11.7 Å². The number of carbonyl (C=O) groups excluding carboxylic acids is 1. The molecule has 0 aliphatic rings. The number of hydrogen-bond donors (Lipinski definition) is 1. The van der Waals surface area contributed by atoms with E-state index >= 15 is 0 Å². The summed E-state index contributed by atoms with van der Waals surface area (Å²) >= 11 is 1.30. The second-order valence-corrected chi connectivity index (χ2v) is 8.54. The van der Waals surface area contributed by atoms with Crippen molar-refractivity contribution in [3.8, 4) is 0 Å². The molecule has 1 N–H and O–H groups in total. The first-order chi connectivity index (χ1) is 14.5. The fourth-order valence-corrected chi connectivity index (χ4v) is 4.13. The minimum atomic E-state index is -0.120. The van der Waals surface area contributed by atoms with E-state index in [2.05, 4.69) is 29.4 Å². The second-order valence-electron chi connectivity index (χ2n) is 7.60. The topological polar surface area (TPSA) is 81.3 Å². The van der Waals surface area contributed by atoms with Crippen LogP contribution in [-0.2, 0) is 11.3 Å². The van der Waals surface area contributed by atoms with Crippen molar-refractivity contribution in [2.75, 3.05) is 11.1 Å². The first-order valence-corrected chi connectivity index (χ1v) is 10.8. The summed E-state index contributed by atoms with van der Waals surface area (Å²) in [4.78, 5) is 25.5. The zero-order valence-electron chi connectivity index (χ0n) is 17.1. The van der Waals surface area contributed by atoms with Crippen LogP contribution in [-0.4, -0.2) is 30.8 Å². The highest BCUT2D eigenvalue weighted by atomic mass is 32.2. The summed E-state index contributed by atoms with van der Waals surface area (Å²) < 4.78 is 3.53. The summed E-state index contributed by atoms with van der Waals surface area (Å²) in [6.45, 7) is 6.61. The number of hydrogen-bond acceptors (Lipinski definition) is 5. The molecule has 154 valence electrons. The van der Waals surface area contributed by atoms with E-state index in [0.29, 0.717) is 22.9 Å². The fourth-order valence-electron chi connectivity index (χ4n) is 3.39. The maximum atomic E-state index is 13.0. The molecule has 4 aromatic rings. The van der Waals surface area contributed by atoms with E-state index in [1.807, 2.05) is 59.9 Å². The van der Waals surface area contributed by atoms with Crippen molar-refractivity contribution in [1.29, 1.82) is 0 Å². The van der Waals surface area contributed by atoms with Crippen molar-refractivity contribution in [3.63, 3.8) is 0 Å². The predicted octanol–water partition coefficient (Wildman–Crippen LogP) is 3.74. The molecule has 0 saturated carbocycles. The molecule has 0 unspecified atom stereocenters. The van der Waals surface area contributed by atoms with E-state index in [0.717, 1.165) is 16.8 Å². The lowest BCUT2D eigenvalue weighted by Gasteiger charge is -2.13. The number of para-hydroxylation sites is 2. The molecule has 0 fully saturated rings. The highest BCUT2D eigenvalue weighted by Crippen LogP contribution is 2.22. The smallest absolute Gasteiger partial charge is 0.262 e. The van der Waals surface area contributed by atoms with Gasteiger partial charge in [-0.2, -0.15) is 0 Å². The van der Waals surface area contributed by atoms with Crippen molar-refractivity contribution >= 4 is 40.0 Å². The lowest BCUT2D eigenvalue weighted by molar-refractivity contribution is -0.113. The molecule has 0 bridgehead atoms. The molecular weight excluding hydrogens is 398 g/mol. The van der Waals surface area contributed by atoms with Crippen LogP contribution >= 0.6 is 11.8 Å². The van der Waals surface area contributed by atoms with Gasteiger partial charge in [0, 0.05) is 12.2 Å². The lowest BCUT2D eigenvalue weighted by atomic mass is 10.2. The van der Waals surface area contributed by atoms with Gasteiger partial charge in [0.15, 0.2) is 5.16 Å². The number of nitrogens with one attached hydrogen (secondary N) is 1. The monoisotopic (exact) mass is 421 g/mol. The van der Waals surface area contributed by atoms with E-state index in [-0.39, 0.29) is 23.1 Å². The molecular formula is C22H23N5O2S. The first kappa shape index (κ1) is 20.2. The van der Waals surface area contributed by atoms with Gasteiger partial charge in [0.1, 0.15) is 0 Å². The summed E-state index contributed by atoms with van der Waals surface area (Å²) in [6, 6.07) is 15.1. The Morgan fingerprint density at radius 1 is 1.10 bits per heavy atom. The molecule has 0 radical (unpaired) electrons. The maximum Gasteiger partial charge on any atom is 0.262 e. The highest BCUT2D eigenvalue weighted by molar-refractivity contribution is 7.99. The summed E-state index contributed by atoms with van der Waals surface area (Å²) in [5.41, 5.74) is 2.47. The number of anilines is 1. The van der Waals surface area contributed by atoms with Gasteiger partial charge < -0.3 is 5.32 Å². The Morgan fingerprint density at radius 2 is 1.83 bits per heavy atom. The Balaban J connectivity index is 1.68. The van der Waals surface area contributed by atoms with E-state index < -0.39 is 0 Å². The van der Waals surface area contributed by atoms with Crippen LogP contribution in [0.2, 0.25) is 0 Å². The molecule has 0 aliphatic heterocycles. The minimum absolute atomic E-state index is 0.0759. The molecule has 8 heteroatoms. The molecule has 0 aliphatic carbocycles. The van der Waals surface area contributed by atoms with Crippen LogP contribution in [0.25, 0.3) is 16.7 Å². The average molecular weight is 422 g/mol. The van der Waals surface area contributed by atoms with Gasteiger partial charge in [-0.25, -0.2) is 0 Å².